The lowest BCUT2D eigenvalue weighted by atomic mass is 9.83. The minimum atomic E-state index is -0.137. The summed E-state index contributed by atoms with van der Waals surface area (Å²) < 4.78 is 5.43. The fourth-order valence-corrected chi connectivity index (χ4v) is 2.29. The van der Waals surface area contributed by atoms with Crippen molar-refractivity contribution in [3.05, 3.63) is 29.3 Å². The van der Waals surface area contributed by atoms with E-state index in [4.69, 9.17) is 10.5 Å². The van der Waals surface area contributed by atoms with Crippen LogP contribution >= 0.6 is 0 Å². The molecule has 0 spiro atoms. The topological polar surface area (TPSA) is 55.5 Å². The molecule has 0 heterocycles. The molecule has 0 saturated carbocycles. The van der Waals surface area contributed by atoms with Crippen molar-refractivity contribution < 1.29 is 9.84 Å². The smallest absolute Gasteiger partial charge is 0.122 e. The van der Waals surface area contributed by atoms with Gasteiger partial charge in [-0.15, -0.1) is 0 Å². The molecule has 2 atom stereocenters. The third-order valence-electron chi connectivity index (χ3n) is 3.68. The van der Waals surface area contributed by atoms with Crippen LogP contribution in [0.2, 0.25) is 0 Å². The zero-order valence-electron chi connectivity index (χ0n) is 12.7. The van der Waals surface area contributed by atoms with Crippen LogP contribution in [0.4, 0.5) is 0 Å². The van der Waals surface area contributed by atoms with Gasteiger partial charge in [-0.05, 0) is 29.0 Å². The van der Waals surface area contributed by atoms with Crippen molar-refractivity contribution in [3.63, 3.8) is 0 Å². The maximum absolute atomic E-state index is 9.38. The third kappa shape index (κ3) is 3.71. The van der Waals surface area contributed by atoms with E-state index in [9.17, 15) is 5.11 Å². The van der Waals surface area contributed by atoms with Crippen LogP contribution < -0.4 is 10.5 Å². The van der Waals surface area contributed by atoms with Gasteiger partial charge in [-0.25, -0.2) is 0 Å². The highest BCUT2D eigenvalue weighted by Crippen LogP contribution is 2.34. The number of benzene rings is 1. The number of aliphatic hydroxyl groups is 1. The maximum atomic E-state index is 9.38. The molecular formula is C16H27NO2. The lowest BCUT2D eigenvalue weighted by Crippen LogP contribution is -2.24. The van der Waals surface area contributed by atoms with Gasteiger partial charge in [-0.3, -0.25) is 0 Å². The highest BCUT2D eigenvalue weighted by Gasteiger charge is 2.23. The molecule has 3 heteroatoms. The predicted molar refractivity (Wildman–Crippen MR) is 79.5 cm³/mol. The first kappa shape index (κ1) is 16.0. The Kier molecular flexibility index (Phi) is 5.39. The van der Waals surface area contributed by atoms with Gasteiger partial charge < -0.3 is 15.6 Å². The van der Waals surface area contributed by atoms with Crippen LogP contribution in [-0.4, -0.2) is 18.8 Å². The first-order chi connectivity index (χ1) is 8.85. The number of nitrogens with two attached hydrogens (primary N) is 1. The summed E-state index contributed by atoms with van der Waals surface area (Å²) in [6, 6.07) is 5.95. The van der Waals surface area contributed by atoms with Crippen LogP contribution in [-0.2, 0) is 5.41 Å². The molecule has 3 N–H and O–H groups in total. The van der Waals surface area contributed by atoms with Crippen LogP contribution in [0.5, 0.6) is 5.75 Å². The van der Waals surface area contributed by atoms with Crippen LogP contribution in [0.3, 0.4) is 0 Å². The van der Waals surface area contributed by atoms with Gasteiger partial charge in [0.15, 0.2) is 0 Å². The Hall–Kier alpha value is -1.06. The summed E-state index contributed by atoms with van der Waals surface area (Å²) in [4.78, 5) is 0. The SMILES string of the molecule is CCC(CO)C(N)c1ccc(OC)c(C(C)(C)C)c1. The van der Waals surface area contributed by atoms with Crippen molar-refractivity contribution in [2.75, 3.05) is 13.7 Å². The molecule has 3 nitrogen and oxygen atoms in total. The molecule has 0 radical (unpaired) electrons. The van der Waals surface area contributed by atoms with Gasteiger partial charge in [0.25, 0.3) is 0 Å². The molecule has 19 heavy (non-hydrogen) atoms. The van der Waals surface area contributed by atoms with E-state index in [0.29, 0.717) is 0 Å². The van der Waals surface area contributed by atoms with Gasteiger partial charge in [-0.2, -0.15) is 0 Å². The van der Waals surface area contributed by atoms with Gasteiger partial charge in [0.05, 0.1) is 7.11 Å². The molecule has 0 aliphatic heterocycles. The average molecular weight is 265 g/mol. The number of ether oxygens (including phenoxy) is 1. The Balaban J connectivity index is 3.18. The minimum Gasteiger partial charge on any atom is -0.496 e. The molecule has 1 rings (SSSR count). The summed E-state index contributed by atoms with van der Waals surface area (Å²) in [7, 11) is 1.69. The second-order valence-corrected chi connectivity index (χ2v) is 6.09. The number of methoxy groups -OCH3 is 1. The molecule has 108 valence electrons. The van der Waals surface area contributed by atoms with E-state index in [2.05, 4.69) is 33.8 Å². The van der Waals surface area contributed by atoms with Gasteiger partial charge in [0.1, 0.15) is 5.75 Å². The van der Waals surface area contributed by atoms with E-state index >= 15 is 0 Å². The second-order valence-electron chi connectivity index (χ2n) is 6.09. The Morgan fingerprint density at radius 1 is 1.32 bits per heavy atom. The first-order valence-electron chi connectivity index (χ1n) is 6.90. The lowest BCUT2D eigenvalue weighted by Gasteiger charge is -2.26. The fraction of sp³-hybridized carbons (Fsp3) is 0.625. The Morgan fingerprint density at radius 2 is 1.95 bits per heavy atom. The average Bonchev–Trinajstić information content (AvgIpc) is 2.38. The summed E-state index contributed by atoms with van der Waals surface area (Å²) in [5.74, 6) is 0.988. The minimum absolute atomic E-state index is 0.00198. The summed E-state index contributed by atoms with van der Waals surface area (Å²) in [6.45, 7) is 8.64. The summed E-state index contributed by atoms with van der Waals surface area (Å²) in [5.41, 5.74) is 8.48. The largest absolute Gasteiger partial charge is 0.496 e. The van der Waals surface area contributed by atoms with Crippen LogP contribution in [0.15, 0.2) is 18.2 Å². The van der Waals surface area contributed by atoms with E-state index in [1.165, 1.54) is 0 Å². The third-order valence-corrected chi connectivity index (χ3v) is 3.68. The predicted octanol–water partition coefficient (Wildman–Crippen LogP) is 3.01. The lowest BCUT2D eigenvalue weighted by molar-refractivity contribution is 0.200. The Bertz CT molecular complexity index is 406. The van der Waals surface area contributed by atoms with E-state index in [1.54, 1.807) is 7.11 Å². The van der Waals surface area contributed by atoms with Crippen LogP contribution in [0.25, 0.3) is 0 Å². The molecule has 0 saturated heterocycles. The van der Waals surface area contributed by atoms with Crippen molar-refractivity contribution >= 4 is 0 Å². The zero-order chi connectivity index (χ0) is 14.6. The summed E-state index contributed by atoms with van der Waals surface area (Å²) >= 11 is 0. The molecule has 0 aliphatic carbocycles. The Morgan fingerprint density at radius 3 is 2.37 bits per heavy atom. The summed E-state index contributed by atoms with van der Waals surface area (Å²) in [5, 5.41) is 9.38. The molecule has 0 fully saturated rings. The highest BCUT2D eigenvalue weighted by molar-refractivity contribution is 5.42. The number of aliphatic hydroxyl groups excluding tert-OH is 1. The highest BCUT2D eigenvalue weighted by atomic mass is 16.5. The zero-order valence-corrected chi connectivity index (χ0v) is 12.7. The second kappa shape index (κ2) is 6.40. The molecule has 0 aromatic heterocycles. The normalized spacial score (nSPS) is 15.1. The fourth-order valence-electron chi connectivity index (χ4n) is 2.29. The van der Waals surface area contributed by atoms with Gasteiger partial charge in [0, 0.05) is 18.6 Å². The molecular weight excluding hydrogens is 238 g/mol. The van der Waals surface area contributed by atoms with E-state index in [0.717, 1.165) is 23.3 Å². The van der Waals surface area contributed by atoms with E-state index in [-0.39, 0.29) is 24.0 Å². The number of hydrogen-bond acceptors (Lipinski definition) is 3. The van der Waals surface area contributed by atoms with Crippen LogP contribution in [0.1, 0.15) is 51.3 Å². The number of hydrogen-bond donors (Lipinski definition) is 2. The van der Waals surface area contributed by atoms with Crippen molar-refractivity contribution in [1.82, 2.24) is 0 Å². The van der Waals surface area contributed by atoms with E-state index in [1.807, 2.05) is 12.1 Å². The van der Waals surface area contributed by atoms with E-state index < -0.39 is 0 Å². The quantitative estimate of drug-likeness (QED) is 0.860. The van der Waals surface area contributed by atoms with Crippen molar-refractivity contribution in [1.29, 1.82) is 0 Å². The monoisotopic (exact) mass is 265 g/mol. The molecule has 2 unspecified atom stereocenters. The van der Waals surface area contributed by atoms with Crippen molar-refractivity contribution in [2.45, 2.75) is 45.6 Å². The standard InChI is InChI=1S/C16H27NO2/c1-6-11(10-18)15(17)12-7-8-14(19-5)13(9-12)16(2,3)4/h7-9,11,15,18H,6,10,17H2,1-5H3. The molecule has 1 aromatic carbocycles. The van der Waals surface area contributed by atoms with Gasteiger partial charge in [0.2, 0.25) is 0 Å². The molecule has 0 bridgehead atoms. The molecule has 1 aromatic rings. The number of rotatable bonds is 5. The Labute approximate surface area is 116 Å². The first-order valence-corrected chi connectivity index (χ1v) is 6.90. The van der Waals surface area contributed by atoms with Gasteiger partial charge >= 0.3 is 0 Å². The summed E-state index contributed by atoms with van der Waals surface area (Å²) in [6.07, 6.45) is 0.870. The van der Waals surface area contributed by atoms with Crippen molar-refractivity contribution in [3.8, 4) is 5.75 Å². The van der Waals surface area contributed by atoms with Crippen LogP contribution in [0, 0.1) is 5.92 Å². The van der Waals surface area contributed by atoms with Gasteiger partial charge in [-0.1, -0.05) is 39.8 Å². The molecule has 0 aliphatic rings. The van der Waals surface area contributed by atoms with Crippen molar-refractivity contribution in [2.24, 2.45) is 11.7 Å². The maximum Gasteiger partial charge on any atom is 0.122 e. The molecule has 0 amide bonds.